The number of fused-ring (bicyclic) bond motifs is 1. The molecule has 2 nitrogen and oxygen atoms in total. The largest absolute Gasteiger partial charge is 0.464 e. The molecule has 2 aromatic rings. The first-order chi connectivity index (χ1) is 9.36. The number of para-hydroxylation sites is 1. The summed E-state index contributed by atoms with van der Waals surface area (Å²) in [5.41, 5.74) is 2.32. The summed E-state index contributed by atoms with van der Waals surface area (Å²) in [6.45, 7) is 5.53. The summed E-state index contributed by atoms with van der Waals surface area (Å²) in [4.78, 5) is 0. The van der Waals surface area contributed by atoms with Gasteiger partial charge in [-0.05, 0) is 25.5 Å². The van der Waals surface area contributed by atoms with Gasteiger partial charge in [0, 0.05) is 17.0 Å². The summed E-state index contributed by atoms with van der Waals surface area (Å²) in [5.74, 6) is 0. The van der Waals surface area contributed by atoms with Gasteiger partial charge >= 0.3 is 0 Å². The van der Waals surface area contributed by atoms with Crippen molar-refractivity contribution >= 4 is 11.0 Å². The molecule has 0 radical (unpaired) electrons. The monoisotopic (exact) mass is 259 g/mol. The third kappa shape index (κ3) is 3.60. The number of furan rings is 1. The van der Waals surface area contributed by atoms with E-state index in [2.05, 4.69) is 31.3 Å². The molecule has 0 spiro atoms. The third-order valence-corrected chi connectivity index (χ3v) is 3.62. The second-order valence-corrected chi connectivity index (χ2v) is 5.19. The molecule has 104 valence electrons. The van der Waals surface area contributed by atoms with E-state index < -0.39 is 0 Å². The van der Waals surface area contributed by atoms with Gasteiger partial charge in [-0.1, -0.05) is 51.3 Å². The lowest BCUT2D eigenvalue weighted by Gasteiger charge is -2.17. The third-order valence-electron chi connectivity index (χ3n) is 3.62. The van der Waals surface area contributed by atoms with Crippen molar-refractivity contribution in [3.8, 4) is 0 Å². The Balaban J connectivity index is 2.15. The molecule has 2 heteroatoms. The number of benzene rings is 1. The number of unbranched alkanes of at least 4 members (excludes halogenated alkanes) is 2. The van der Waals surface area contributed by atoms with Crippen LogP contribution in [0.3, 0.4) is 0 Å². The predicted octanol–water partition coefficient (Wildman–Crippen LogP) is 5.05. The van der Waals surface area contributed by atoms with Crippen LogP contribution in [0.2, 0.25) is 0 Å². The van der Waals surface area contributed by atoms with E-state index in [0.29, 0.717) is 6.04 Å². The molecule has 0 saturated carbocycles. The fraction of sp³-hybridized carbons (Fsp3) is 0.529. The van der Waals surface area contributed by atoms with Crippen LogP contribution in [0.1, 0.15) is 57.6 Å². The van der Waals surface area contributed by atoms with Crippen molar-refractivity contribution in [2.45, 2.75) is 52.0 Å². The van der Waals surface area contributed by atoms with Crippen LogP contribution in [0.25, 0.3) is 11.0 Å². The van der Waals surface area contributed by atoms with E-state index in [-0.39, 0.29) is 0 Å². The summed E-state index contributed by atoms with van der Waals surface area (Å²) in [7, 11) is 0. The molecule has 1 N–H and O–H groups in total. The molecule has 0 aliphatic rings. The lowest BCUT2D eigenvalue weighted by Crippen LogP contribution is -2.21. The maximum absolute atomic E-state index is 5.68. The quantitative estimate of drug-likeness (QED) is 0.671. The van der Waals surface area contributed by atoms with Gasteiger partial charge in [0.25, 0.3) is 0 Å². The summed E-state index contributed by atoms with van der Waals surface area (Å²) in [5, 5.41) is 4.92. The van der Waals surface area contributed by atoms with E-state index in [9.17, 15) is 0 Å². The average Bonchev–Trinajstić information content (AvgIpc) is 2.87. The van der Waals surface area contributed by atoms with Crippen LogP contribution in [0.5, 0.6) is 0 Å². The maximum atomic E-state index is 5.68. The van der Waals surface area contributed by atoms with Crippen LogP contribution in [0.4, 0.5) is 0 Å². The lowest BCUT2D eigenvalue weighted by atomic mass is 9.99. The minimum absolute atomic E-state index is 0.426. The Hall–Kier alpha value is -1.28. The molecule has 0 aliphatic carbocycles. The number of rotatable bonds is 8. The zero-order valence-corrected chi connectivity index (χ0v) is 12.1. The van der Waals surface area contributed by atoms with Gasteiger partial charge in [-0.25, -0.2) is 0 Å². The second kappa shape index (κ2) is 7.34. The highest BCUT2D eigenvalue weighted by atomic mass is 16.3. The highest BCUT2D eigenvalue weighted by Crippen LogP contribution is 2.29. The first-order valence-corrected chi connectivity index (χ1v) is 7.56. The first-order valence-electron chi connectivity index (χ1n) is 7.56. The molecule has 0 amide bonds. The second-order valence-electron chi connectivity index (χ2n) is 5.19. The molecule has 1 aromatic heterocycles. The lowest BCUT2D eigenvalue weighted by molar-refractivity contribution is 0.470. The highest BCUT2D eigenvalue weighted by molar-refractivity contribution is 5.81. The molecule has 0 bridgehead atoms. The smallest absolute Gasteiger partial charge is 0.134 e. The number of hydrogen-bond donors (Lipinski definition) is 1. The van der Waals surface area contributed by atoms with Gasteiger partial charge in [-0.3, -0.25) is 0 Å². The Morgan fingerprint density at radius 1 is 1.11 bits per heavy atom. The Bertz CT molecular complexity index is 489. The predicted molar refractivity (Wildman–Crippen MR) is 81.4 cm³/mol. The van der Waals surface area contributed by atoms with E-state index >= 15 is 0 Å². The van der Waals surface area contributed by atoms with E-state index in [1.54, 1.807) is 0 Å². The van der Waals surface area contributed by atoms with Gasteiger partial charge in [0.2, 0.25) is 0 Å². The maximum Gasteiger partial charge on any atom is 0.134 e. The molecule has 0 saturated heterocycles. The minimum Gasteiger partial charge on any atom is -0.464 e. The van der Waals surface area contributed by atoms with Gasteiger partial charge < -0.3 is 9.73 Å². The van der Waals surface area contributed by atoms with E-state index in [1.165, 1.54) is 43.1 Å². The van der Waals surface area contributed by atoms with E-state index in [0.717, 1.165) is 12.1 Å². The standard InChI is InChI=1S/C17H25NO/c1-3-5-6-10-16(18-12-4-2)15-13-19-17-11-8-7-9-14(15)17/h7-9,11,13,16,18H,3-6,10,12H2,1-2H3. The van der Waals surface area contributed by atoms with Crippen molar-refractivity contribution in [2.75, 3.05) is 6.54 Å². The molecular formula is C17H25NO. The van der Waals surface area contributed by atoms with Gasteiger partial charge in [-0.15, -0.1) is 0 Å². The SMILES string of the molecule is CCCCCC(NCCC)c1coc2ccccc12. The highest BCUT2D eigenvalue weighted by Gasteiger charge is 2.15. The van der Waals surface area contributed by atoms with Crippen molar-refractivity contribution in [2.24, 2.45) is 0 Å². The summed E-state index contributed by atoms with van der Waals surface area (Å²) >= 11 is 0. The van der Waals surface area contributed by atoms with Crippen LogP contribution in [0.15, 0.2) is 34.9 Å². The Morgan fingerprint density at radius 3 is 2.74 bits per heavy atom. The van der Waals surface area contributed by atoms with Crippen molar-refractivity contribution in [1.29, 1.82) is 0 Å². The molecule has 19 heavy (non-hydrogen) atoms. The van der Waals surface area contributed by atoms with E-state index in [4.69, 9.17) is 4.42 Å². The van der Waals surface area contributed by atoms with Gasteiger partial charge in [0.05, 0.1) is 6.26 Å². The van der Waals surface area contributed by atoms with Gasteiger partial charge in [0.15, 0.2) is 0 Å². The molecule has 0 fully saturated rings. The van der Waals surface area contributed by atoms with Crippen LogP contribution in [-0.2, 0) is 0 Å². The normalized spacial score (nSPS) is 12.9. The molecule has 1 unspecified atom stereocenters. The van der Waals surface area contributed by atoms with Crippen LogP contribution >= 0.6 is 0 Å². The molecule has 0 aliphatic heterocycles. The summed E-state index contributed by atoms with van der Waals surface area (Å²) in [6.07, 6.45) is 8.14. The van der Waals surface area contributed by atoms with Crippen LogP contribution < -0.4 is 5.32 Å². The molecule has 1 atom stereocenters. The summed E-state index contributed by atoms with van der Waals surface area (Å²) in [6, 6.07) is 8.75. The Morgan fingerprint density at radius 2 is 1.95 bits per heavy atom. The van der Waals surface area contributed by atoms with Crippen molar-refractivity contribution < 1.29 is 4.42 Å². The fourth-order valence-corrected chi connectivity index (χ4v) is 2.55. The van der Waals surface area contributed by atoms with E-state index in [1.807, 2.05) is 18.4 Å². The Kier molecular flexibility index (Phi) is 5.46. The number of nitrogens with one attached hydrogen (secondary N) is 1. The van der Waals surface area contributed by atoms with Gasteiger partial charge in [-0.2, -0.15) is 0 Å². The zero-order valence-electron chi connectivity index (χ0n) is 12.1. The average molecular weight is 259 g/mol. The van der Waals surface area contributed by atoms with Crippen LogP contribution in [0, 0.1) is 0 Å². The molecular weight excluding hydrogens is 234 g/mol. The molecule has 1 heterocycles. The topological polar surface area (TPSA) is 25.2 Å². The fourth-order valence-electron chi connectivity index (χ4n) is 2.55. The Labute approximate surface area is 116 Å². The summed E-state index contributed by atoms with van der Waals surface area (Å²) < 4.78 is 5.68. The zero-order chi connectivity index (χ0) is 13.5. The first kappa shape index (κ1) is 14.1. The van der Waals surface area contributed by atoms with Crippen molar-refractivity contribution in [3.05, 3.63) is 36.1 Å². The van der Waals surface area contributed by atoms with Crippen molar-refractivity contribution in [1.82, 2.24) is 5.32 Å². The number of hydrogen-bond acceptors (Lipinski definition) is 2. The molecule has 2 rings (SSSR count). The van der Waals surface area contributed by atoms with Gasteiger partial charge in [0.1, 0.15) is 5.58 Å². The molecule has 1 aromatic carbocycles. The van der Waals surface area contributed by atoms with Crippen molar-refractivity contribution in [3.63, 3.8) is 0 Å². The minimum atomic E-state index is 0.426. The van der Waals surface area contributed by atoms with Crippen LogP contribution in [-0.4, -0.2) is 6.54 Å².